The van der Waals surface area contributed by atoms with Crippen LogP contribution in [0.4, 0.5) is 0 Å². The van der Waals surface area contributed by atoms with Crippen LogP contribution in [0.5, 0.6) is 0 Å². The highest BCUT2D eigenvalue weighted by Gasteiger charge is 2.16. The van der Waals surface area contributed by atoms with E-state index in [2.05, 4.69) is 10.2 Å². The predicted molar refractivity (Wildman–Crippen MR) is 58.8 cm³/mol. The number of carbonyl (C=O) groups excluding carboxylic acids is 1. The zero-order chi connectivity index (χ0) is 12.6. The Labute approximate surface area is 97.4 Å². The molecule has 88 valence electrons. The molecule has 0 radical (unpaired) electrons. The number of azo groups is 1. The third kappa shape index (κ3) is 2.29. The summed E-state index contributed by atoms with van der Waals surface area (Å²) in [7, 11) is -4.22. The highest BCUT2D eigenvalue weighted by atomic mass is 32.2. The number of benzene rings is 1. The lowest BCUT2D eigenvalue weighted by atomic mass is 10.1. The molecule has 0 spiro atoms. The molecule has 0 fully saturated rings. The number of carbonyl (C=O) groups is 1. The van der Waals surface area contributed by atoms with Crippen molar-refractivity contribution in [3.05, 3.63) is 35.4 Å². The Morgan fingerprint density at radius 1 is 1.24 bits per heavy atom. The van der Waals surface area contributed by atoms with Gasteiger partial charge in [0.2, 0.25) is 0 Å². The monoisotopic (exact) mass is 252 g/mol. The van der Waals surface area contributed by atoms with Crippen LogP contribution in [0.15, 0.2) is 39.4 Å². The van der Waals surface area contributed by atoms with Crippen LogP contribution < -0.4 is 0 Å². The van der Waals surface area contributed by atoms with Gasteiger partial charge in [-0.25, -0.2) is 0 Å². The number of hydrogen-bond donors (Lipinski definition) is 1. The fourth-order valence-corrected chi connectivity index (χ4v) is 2.22. The molecule has 1 aromatic carbocycles. The third-order valence-electron chi connectivity index (χ3n) is 2.27. The van der Waals surface area contributed by atoms with E-state index < -0.39 is 16.0 Å². The first-order valence-corrected chi connectivity index (χ1v) is 6.08. The maximum absolute atomic E-state index is 11.0. The zero-order valence-electron chi connectivity index (χ0n) is 8.78. The SMILES string of the molecule is Cc1cc(C2=CC(=O)N=N2)ccc1S(=O)(=O)O. The maximum atomic E-state index is 11.0. The molecule has 1 aliphatic rings. The minimum atomic E-state index is -4.22. The van der Waals surface area contributed by atoms with Crippen molar-refractivity contribution in [3.8, 4) is 0 Å². The van der Waals surface area contributed by atoms with Crippen molar-refractivity contribution in [2.24, 2.45) is 10.2 Å². The Hall–Kier alpha value is -1.86. The molecular formula is C10H8N2O4S. The summed E-state index contributed by atoms with van der Waals surface area (Å²) in [6.45, 7) is 1.54. The van der Waals surface area contributed by atoms with Gasteiger partial charge in [0, 0.05) is 11.6 Å². The lowest BCUT2D eigenvalue weighted by Gasteiger charge is -2.04. The summed E-state index contributed by atoms with van der Waals surface area (Å²) in [5.74, 6) is -0.448. The molecular weight excluding hydrogens is 244 g/mol. The summed E-state index contributed by atoms with van der Waals surface area (Å²) in [4.78, 5) is 10.7. The molecule has 0 saturated heterocycles. The zero-order valence-corrected chi connectivity index (χ0v) is 9.60. The maximum Gasteiger partial charge on any atom is 0.294 e. The van der Waals surface area contributed by atoms with Crippen LogP contribution in [0.25, 0.3) is 5.70 Å². The molecule has 0 bridgehead atoms. The van der Waals surface area contributed by atoms with Crippen LogP contribution in [0.1, 0.15) is 11.1 Å². The van der Waals surface area contributed by atoms with Gasteiger partial charge < -0.3 is 0 Å². The molecule has 1 amide bonds. The van der Waals surface area contributed by atoms with Gasteiger partial charge in [0.05, 0.1) is 10.6 Å². The van der Waals surface area contributed by atoms with E-state index in [1.165, 1.54) is 24.3 Å². The first-order chi connectivity index (χ1) is 7.88. The summed E-state index contributed by atoms with van der Waals surface area (Å²) in [6, 6.07) is 4.24. The number of rotatable bonds is 2. The number of amides is 1. The standard InChI is InChI=1S/C10H8N2O4S/c1-6-4-7(8-5-10(13)12-11-8)2-3-9(6)17(14,15)16/h2-5H,1H3,(H,14,15,16). The van der Waals surface area contributed by atoms with Crippen LogP contribution in [0.2, 0.25) is 0 Å². The average Bonchev–Trinajstić information content (AvgIpc) is 2.62. The van der Waals surface area contributed by atoms with Gasteiger partial charge in [0.15, 0.2) is 0 Å². The number of nitrogens with zero attached hydrogens (tertiary/aromatic N) is 2. The van der Waals surface area contributed by atoms with E-state index >= 15 is 0 Å². The van der Waals surface area contributed by atoms with Crippen LogP contribution in [0.3, 0.4) is 0 Å². The summed E-state index contributed by atoms with van der Waals surface area (Å²) >= 11 is 0. The van der Waals surface area contributed by atoms with Crippen molar-refractivity contribution in [3.63, 3.8) is 0 Å². The van der Waals surface area contributed by atoms with Crippen molar-refractivity contribution < 1.29 is 17.8 Å². The Kier molecular flexibility index (Phi) is 2.64. The molecule has 1 N–H and O–H groups in total. The molecule has 1 aliphatic heterocycles. The van der Waals surface area contributed by atoms with Crippen LogP contribution in [-0.4, -0.2) is 18.9 Å². The minimum absolute atomic E-state index is 0.164. The molecule has 7 heteroatoms. The fourth-order valence-electron chi connectivity index (χ4n) is 1.52. The fraction of sp³-hybridized carbons (Fsp3) is 0.100. The van der Waals surface area contributed by atoms with Crippen molar-refractivity contribution in [2.45, 2.75) is 11.8 Å². The summed E-state index contributed by atoms with van der Waals surface area (Å²) in [5.41, 5.74) is 1.32. The molecule has 0 unspecified atom stereocenters. The topological polar surface area (TPSA) is 96.2 Å². The number of aryl methyl sites for hydroxylation is 1. The lowest BCUT2D eigenvalue weighted by Crippen LogP contribution is -2.01. The molecule has 2 rings (SSSR count). The molecule has 1 heterocycles. The average molecular weight is 252 g/mol. The van der Waals surface area contributed by atoms with Crippen molar-refractivity contribution in [2.75, 3.05) is 0 Å². The second-order valence-corrected chi connectivity index (χ2v) is 4.91. The molecule has 17 heavy (non-hydrogen) atoms. The lowest BCUT2D eigenvalue weighted by molar-refractivity contribution is -0.113. The van der Waals surface area contributed by atoms with Crippen LogP contribution in [-0.2, 0) is 14.9 Å². The molecule has 0 atom stereocenters. The van der Waals surface area contributed by atoms with Gasteiger partial charge in [-0.05, 0) is 24.6 Å². The smallest absolute Gasteiger partial charge is 0.282 e. The van der Waals surface area contributed by atoms with E-state index in [1.54, 1.807) is 6.92 Å². The van der Waals surface area contributed by atoms with E-state index in [-0.39, 0.29) is 4.90 Å². The predicted octanol–water partition coefficient (Wildman–Crippen LogP) is 1.58. The van der Waals surface area contributed by atoms with Gasteiger partial charge in [-0.3, -0.25) is 9.35 Å². The summed E-state index contributed by atoms with van der Waals surface area (Å²) < 4.78 is 30.9. The highest BCUT2D eigenvalue weighted by molar-refractivity contribution is 7.85. The second kappa shape index (κ2) is 3.86. The summed E-state index contributed by atoms with van der Waals surface area (Å²) in [6.07, 6.45) is 1.25. The second-order valence-electron chi connectivity index (χ2n) is 3.52. The van der Waals surface area contributed by atoms with Crippen molar-refractivity contribution >= 4 is 21.7 Å². The summed E-state index contributed by atoms with van der Waals surface area (Å²) in [5, 5.41) is 6.97. The number of hydrogen-bond acceptors (Lipinski definition) is 4. The Morgan fingerprint density at radius 3 is 2.41 bits per heavy atom. The van der Waals surface area contributed by atoms with Crippen LogP contribution >= 0.6 is 0 Å². The van der Waals surface area contributed by atoms with Crippen molar-refractivity contribution in [1.82, 2.24) is 0 Å². The minimum Gasteiger partial charge on any atom is -0.282 e. The Bertz CT molecular complexity index is 659. The molecule has 0 aliphatic carbocycles. The molecule has 0 saturated carbocycles. The van der Waals surface area contributed by atoms with Gasteiger partial charge in [-0.1, -0.05) is 6.07 Å². The largest absolute Gasteiger partial charge is 0.294 e. The van der Waals surface area contributed by atoms with Gasteiger partial charge >= 0.3 is 0 Å². The molecule has 0 aromatic heterocycles. The quantitative estimate of drug-likeness (QED) is 0.808. The van der Waals surface area contributed by atoms with E-state index in [4.69, 9.17) is 4.55 Å². The first kappa shape index (κ1) is 11.6. The van der Waals surface area contributed by atoms with Gasteiger partial charge in [0.25, 0.3) is 16.0 Å². The molecule has 1 aromatic rings. The van der Waals surface area contributed by atoms with Gasteiger partial charge in [-0.15, -0.1) is 10.2 Å². The first-order valence-electron chi connectivity index (χ1n) is 4.64. The Balaban J connectivity index is 2.49. The third-order valence-corrected chi connectivity index (χ3v) is 3.28. The van der Waals surface area contributed by atoms with E-state index in [0.717, 1.165) is 0 Å². The van der Waals surface area contributed by atoms with Gasteiger partial charge in [0.1, 0.15) is 0 Å². The van der Waals surface area contributed by atoms with E-state index in [1.807, 2.05) is 0 Å². The molecule has 6 nitrogen and oxygen atoms in total. The normalized spacial score (nSPS) is 15.2. The van der Waals surface area contributed by atoms with Crippen LogP contribution in [0, 0.1) is 6.92 Å². The van der Waals surface area contributed by atoms with Crippen molar-refractivity contribution in [1.29, 1.82) is 0 Å². The van der Waals surface area contributed by atoms with Gasteiger partial charge in [-0.2, -0.15) is 8.42 Å². The van der Waals surface area contributed by atoms with E-state index in [9.17, 15) is 13.2 Å². The highest BCUT2D eigenvalue weighted by Crippen LogP contribution is 2.24. The Morgan fingerprint density at radius 2 is 1.94 bits per heavy atom. The van der Waals surface area contributed by atoms with E-state index in [0.29, 0.717) is 16.8 Å².